The highest BCUT2D eigenvalue weighted by Crippen LogP contribution is 2.11. The average Bonchev–Trinajstić information content (AvgIpc) is 2.44. The lowest BCUT2D eigenvalue weighted by molar-refractivity contribution is -0.115. The van der Waals surface area contributed by atoms with Crippen molar-refractivity contribution in [1.82, 2.24) is 5.32 Å². The van der Waals surface area contributed by atoms with Gasteiger partial charge in [-0.15, -0.1) is 0 Å². The molecule has 0 saturated carbocycles. The van der Waals surface area contributed by atoms with Gasteiger partial charge in [0.15, 0.2) is 0 Å². The molecule has 1 amide bonds. The number of nitrogens with one attached hydrogen (secondary N) is 1. The first kappa shape index (κ1) is 14.7. The summed E-state index contributed by atoms with van der Waals surface area (Å²) in [6.45, 7) is 1.86. The van der Waals surface area contributed by atoms with E-state index in [1.165, 1.54) is 0 Å². The lowest BCUT2D eigenvalue weighted by Gasteiger charge is -2.14. The predicted octanol–water partition coefficient (Wildman–Crippen LogP) is 2.39. The van der Waals surface area contributed by atoms with Crippen LogP contribution in [0, 0.1) is 11.3 Å². The Morgan fingerprint density at radius 3 is 2.74 bits per heavy atom. The first-order valence-corrected chi connectivity index (χ1v) is 6.12. The quantitative estimate of drug-likeness (QED) is 0.356. The fraction of sp³-hybridized carbons (Fsp3) is 0.357. The van der Waals surface area contributed by atoms with Crippen LogP contribution in [0.25, 0.3) is 0 Å². The van der Waals surface area contributed by atoms with Gasteiger partial charge in [0, 0.05) is 6.42 Å². The van der Waals surface area contributed by atoms with Gasteiger partial charge in [-0.3, -0.25) is 4.79 Å². The molecular weight excluding hydrogens is 242 g/mol. The Morgan fingerprint density at radius 2 is 2.16 bits per heavy atom. The van der Waals surface area contributed by atoms with Gasteiger partial charge in [-0.25, -0.2) is 0 Å². The van der Waals surface area contributed by atoms with Crippen molar-refractivity contribution in [1.29, 1.82) is 5.26 Å². The summed E-state index contributed by atoms with van der Waals surface area (Å²) in [5.74, 6) is -0.406. The summed E-state index contributed by atoms with van der Waals surface area (Å²) in [6, 6.07) is 11.3. The Labute approximate surface area is 112 Å². The Hall–Kier alpha value is -2.35. The van der Waals surface area contributed by atoms with Gasteiger partial charge in [-0.1, -0.05) is 35.5 Å². The van der Waals surface area contributed by atoms with Crippen LogP contribution in [0.2, 0.25) is 0 Å². The maximum Gasteiger partial charge on any atom is 0.269 e. The van der Waals surface area contributed by atoms with Gasteiger partial charge in [0.1, 0.15) is 5.71 Å². The van der Waals surface area contributed by atoms with Crippen molar-refractivity contribution < 1.29 is 10.0 Å². The number of amides is 1. The van der Waals surface area contributed by atoms with Crippen LogP contribution in [0.5, 0.6) is 0 Å². The first-order valence-electron chi connectivity index (χ1n) is 6.12. The number of nitrogens with zero attached hydrogens (tertiary/aromatic N) is 2. The van der Waals surface area contributed by atoms with Crippen molar-refractivity contribution in [2.24, 2.45) is 5.16 Å². The summed E-state index contributed by atoms with van der Waals surface area (Å²) in [5.41, 5.74) is 1.03. The molecule has 0 radical (unpaired) electrons. The summed E-state index contributed by atoms with van der Waals surface area (Å²) >= 11 is 0. The zero-order valence-corrected chi connectivity index (χ0v) is 10.8. The lowest BCUT2D eigenvalue weighted by Crippen LogP contribution is -2.33. The van der Waals surface area contributed by atoms with E-state index in [-0.39, 0.29) is 18.2 Å². The number of carbonyl (C=O) groups excluding carboxylic acids is 1. The molecule has 0 heterocycles. The number of carbonyl (C=O) groups is 1. The van der Waals surface area contributed by atoms with Gasteiger partial charge in [-0.05, 0) is 25.3 Å². The maximum atomic E-state index is 11.9. The molecule has 1 aromatic carbocycles. The van der Waals surface area contributed by atoms with E-state index in [0.717, 1.165) is 5.56 Å². The molecule has 2 N–H and O–H groups in total. The van der Waals surface area contributed by atoms with Crippen LogP contribution in [0.3, 0.4) is 0 Å². The Morgan fingerprint density at radius 1 is 1.47 bits per heavy atom. The summed E-state index contributed by atoms with van der Waals surface area (Å²) in [6.07, 6.45) is 1.13. The van der Waals surface area contributed by atoms with Gasteiger partial charge in [0.2, 0.25) is 0 Å². The number of oxime groups is 1. The molecule has 100 valence electrons. The minimum atomic E-state index is -0.406. The molecule has 1 atom stereocenters. The van der Waals surface area contributed by atoms with E-state index in [4.69, 9.17) is 10.5 Å². The largest absolute Gasteiger partial charge is 0.410 e. The highest BCUT2D eigenvalue weighted by Gasteiger charge is 2.15. The van der Waals surface area contributed by atoms with Crippen molar-refractivity contribution in [2.75, 3.05) is 0 Å². The van der Waals surface area contributed by atoms with E-state index in [9.17, 15) is 4.79 Å². The molecule has 0 saturated heterocycles. The second-order valence-electron chi connectivity index (χ2n) is 4.16. The van der Waals surface area contributed by atoms with Gasteiger partial charge in [-0.2, -0.15) is 5.26 Å². The van der Waals surface area contributed by atoms with Gasteiger partial charge in [0.25, 0.3) is 5.91 Å². The molecular formula is C14H17N3O2. The first-order chi connectivity index (χ1) is 9.19. The van der Waals surface area contributed by atoms with Gasteiger partial charge >= 0.3 is 0 Å². The zero-order valence-electron chi connectivity index (χ0n) is 10.8. The second-order valence-corrected chi connectivity index (χ2v) is 4.16. The molecule has 0 aliphatic rings. The van der Waals surface area contributed by atoms with Gasteiger partial charge in [0.05, 0.1) is 12.1 Å². The fourth-order valence-corrected chi connectivity index (χ4v) is 1.65. The zero-order chi connectivity index (χ0) is 14.1. The third kappa shape index (κ3) is 4.80. The Kier molecular flexibility index (Phi) is 6.10. The molecule has 0 aromatic heterocycles. The van der Waals surface area contributed by atoms with Crippen molar-refractivity contribution >= 4 is 11.6 Å². The molecule has 19 heavy (non-hydrogen) atoms. The fourth-order valence-electron chi connectivity index (χ4n) is 1.65. The summed E-state index contributed by atoms with van der Waals surface area (Å²) < 4.78 is 0. The predicted molar refractivity (Wildman–Crippen MR) is 71.7 cm³/mol. The number of rotatable bonds is 6. The minimum absolute atomic E-state index is 0.0537. The van der Waals surface area contributed by atoms with Crippen molar-refractivity contribution in [2.45, 2.75) is 32.2 Å². The van der Waals surface area contributed by atoms with Crippen LogP contribution in [-0.4, -0.2) is 16.8 Å². The van der Waals surface area contributed by atoms with Crippen molar-refractivity contribution in [3.63, 3.8) is 0 Å². The topological polar surface area (TPSA) is 85.5 Å². The summed E-state index contributed by atoms with van der Waals surface area (Å²) in [5, 5.41) is 23.0. The molecule has 0 aliphatic carbocycles. The second kappa shape index (κ2) is 7.88. The SMILES string of the molecule is CC(NC(=O)C(CCCC#N)=NO)c1ccccc1. The third-order valence-electron chi connectivity index (χ3n) is 2.73. The van der Waals surface area contributed by atoms with E-state index >= 15 is 0 Å². The molecule has 1 unspecified atom stereocenters. The number of hydrogen-bond donors (Lipinski definition) is 2. The molecule has 0 spiro atoms. The monoisotopic (exact) mass is 259 g/mol. The van der Waals surface area contributed by atoms with E-state index in [0.29, 0.717) is 12.8 Å². The molecule has 1 aromatic rings. The molecule has 0 bridgehead atoms. The smallest absolute Gasteiger partial charge is 0.269 e. The van der Waals surface area contributed by atoms with Crippen LogP contribution >= 0.6 is 0 Å². The number of benzene rings is 1. The van der Waals surface area contributed by atoms with Gasteiger partial charge < -0.3 is 10.5 Å². The standard InChI is InChI=1S/C14H17N3O2/c1-11(12-7-3-2-4-8-12)16-14(18)13(17-19)9-5-6-10-15/h2-4,7-8,11,19H,5-6,9H2,1H3,(H,16,18). The number of hydrogen-bond acceptors (Lipinski definition) is 4. The highest BCUT2D eigenvalue weighted by atomic mass is 16.4. The van der Waals surface area contributed by atoms with E-state index in [2.05, 4.69) is 10.5 Å². The minimum Gasteiger partial charge on any atom is -0.410 e. The normalized spacial score (nSPS) is 12.5. The van der Waals surface area contributed by atoms with Crippen molar-refractivity contribution in [3.8, 4) is 6.07 Å². The average molecular weight is 259 g/mol. The molecule has 5 heteroatoms. The van der Waals surface area contributed by atoms with Crippen LogP contribution in [0.4, 0.5) is 0 Å². The van der Waals surface area contributed by atoms with E-state index < -0.39 is 5.91 Å². The Balaban J connectivity index is 2.56. The number of unbranched alkanes of at least 4 members (excludes halogenated alkanes) is 1. The molecule has 1 rings (SSSR count). The van der Waals surface area contributed by atoms with Crippen LogP contribution in [-0.2, 0) is 4.79 Å². The number of nitriles is 1. The van der Waals surface area contributed by atoms with Crippen LogP contribution in [0.15, 0.2) is 35.5 Å². The summed E-state index contributed by atoms with van der Waals surface area (Å²) in [7, 11) is 0. The molecule has 5 nitrogen and oxygen atoms in total. The maximum absolute atomic E-state index is 11.9. The Bertz CT molecular complexity index is 477. The lowest BCUT2D eigenvalue weighted by atomic mass is 10.1. The van der Waals surface area contributed by atoms with Crippen LogP contribution < -0.4 is 5.32 Å². The molecule has 0 fully saturated rings. The van der Waals surface area contributed by atoms with E-state index in [1.54, 1.807) is 0 Å². The van der Waals surface area contributed by atoms with Crippen LogP contribution in [0.1, 0.15) is 37.8 Å². The highest BCUT2D eigenvalue weighted by molar-refractivity contribution is 6.38. The molecule has 0 aliphatic heterocycles. The third-order valence-corrected chi connectivity index (χ3v) is 2.73. The van der Waals surface area contributed by atoms with E-state index in [1.807, 2.05) is 43.3 Å². The van der Waals surface area contributed by atoms with Crippen molar-refractivity contribution in [3.05, 3.63) is 35.9 Å². The summed E-state index contributed by atoms with van der Waals surface area (Å²) in [4.78, 5) is 11.9.